The summed E-state index contributed by atoms with van der Waals surface area (Å²) in [6.07, 6.45) is 3.07. The van der Waals surface area contributed by atoms with Crippen LogP contribution < -0.4 is 4.74 Å². The third kappa shape index (κ3) is 3.27. The predicted octanol–water partition coefficient (Wildman–Crippen LogP) is 2.47. The largest absolute Gasteiger partial charge is 0.497 e. The van der Waals surface area contributed by atoms with Gasteiger partial charge in [-0.05, 0) is 50.0 Å². The molecule has 6 heteroatoms. The number of fused-ring (bicyclic) bond motifs is 3. The first-order valence-electron chi connectivity index (χ1n) is 10.3. The molecular formula is C23H30O6. The Balaban J connectivity index is 1.56. The lowest BCUT2D eigenvalue weighted by molar-refractivity contribution is -0.149. The van der Waals surface area contributed by atoms with Gasteiger partial charge in [0, 0.05) is 11.8 Å². The summed E-state index contributed by atoms with van der Waals surface area (Å²) in [5, 5.41) is 22.4. The van der Waals surface area contributed by atoms with E-state index in [1.165, 1.54) is 0 Å². The van der Waals surface area contributed by atoms with Gasteiger partial charge in [-0.3, -0.25) is 4.79 Å². The van der Waals surface area contributed by atoms with Crippen LogP contribution in [0.4, 0.5) is 0 Å². The highest BCUT2D eigenvalue weighted by Gasteiger charge is 2.64. The molecule has 0 amide bonds. The van der Waals surface area contributed by atoms with Crippen LogP contribution in [0.25, 0.3) is 0 Å². The molecule has 4 rings (SSSR count). The second-order valence-electron chi connectivity index (χ2n) is 9.00. The topological polar surface area (TPSA) is 85.2 Å². The summed E-state index contributed by atoms with van der Waals surface area (Å²) >= 11 is 0. The minimum absolute atomic E-state index is 0.0132. The zero-order valence-electron chi connectivity index (χ0n) is 17.4. The Morgan fingerprint density at radius 3 is 2.52 bits per heavy atom. The van der Waals surface area contributed by atoms with Crippen molar-refractivity contribution in [2.45, 2.75) is 57.2 Å². The van der Waals surface area contributed by atoms with Crippen LogP contribution in [0.15, 0.2) is 36.4 Å². The summed E-state index contributed by atoms with van der Waals surface area (Å²) in [7, 11) is 1.63. The first kappa shape index (κ1) is 20.4. The van der Waals surface area contributed by atoms with Gasteiger partial charge in [-0.1, -0.05) is 25.1 Å². The average Bonchev–Trinajstić information content (AvgIpc) is 3.12. The first-order valence-corrected chi connectivity index (χ1v) is 10.3. The predicted molar refractivity (Wildman–Crippen MR) is 106 cm³/mol. The molecule has 6 nitrogen and oxygen atoms in total. The van der Waals surface area contributed by atoms with Gasteiger partial charge in [-0.25, -0.2) is 0 Å². The first-order chi connectivity index (χ1) is 13.7. The normalized spacial score (nSPS) is 43.4. The van der Waals surface area contributed by atoms with Crippen molar-refractivity contribution in [1.82, 2.24) is 0 Å². The van der Waals surface area contributed by atoms with Crippen molar-refractivity contribution in [2.75, 3.05) is 7.11 Å². The molecule has 158 valence electrons. The number of carbonyl (C=O) groups is 1. The molecule has 0 unspecified atom stereocenters. The summed E-state index contributed by atoms with van der Waals surface area (Å²) in [6, 6.07) is 7.73. The maximum absolute atomic E-state index is 12.2. The maximum Gasteiger partial charge on any atom is 0.312 e. The van der Waals surface area contributed by atoms with E-state index in [1.807, 2.05) is 24.3 Å². The Morgan fingerprint density at radius 2 is 1.86 bits per heavy atom. The van der Waals surface area contributed by atoms with Crippen LogP contribution in [0, 0.1) is 23.7 Å². The van der Waals surface area contributed by atoms with Crippen LogP contribution in [-0.2, 0) is 20.9 Å². The molecule has 0 aromatic heterocycles. The number of ether oxygens (including phenoxy) is 3. The maximum atomic E-state index is 12.2. The summed E-state index contributed by atoms with van der Waals surface area (Å²) < 4.78 is 17.1. The Bertz CT molecular complexity index is 800. The summed E-state index contributed by atoms with van der Waals surface area (Å²) in [5.74, 6) is -0.614. The molecule has 1 aromatic carbocycles. The molecular weight excluding hydrogens is 372 g/mol. The van der Waals surface area contributed by atoms with Crippen molar-refractivity contribution in [2.24, 2.45) is 23.7 Å². The molecule has 1 heterocycles. The van der Waals surface area contributed by atoms with E-state index in [9.17, 15) is 15.0 Å². The summed E-state index contributed by atoms with van der Waals surface area (Å²) in [6.45, 7) is 5.94. The van der Waals surface area contributed by atoms with Crippen molar-refractivity contribution in [3.63, 3.8) is 0 Å². The van der Waals surface area contributed by atoms with Crippen LogP contribution in [0.3, 0.4) is 0 Å². The third-order valence-electron chi connectivity index (χ3n) is 7.30. The lowest BCUT2D eigenvalue weighted by atomic mass is 9.73. The van der Waals surface area contributed by atoms with Gasteiger partial charge < -0.3 is 24.4 Å². The van der Waals surface area contributed by atoms with Crippen molar-refractivity contribution >= 4 is 5.97 Å². The van der Waals surface area contributed by atoms with Crippen molar-refractivity contribution in [1.29, 1.82) is 0 Å². The Morgan fingerprint density at radius 1 is 1.17 bits per heavy atom. The highest BCUT2D eigenvalue weighted by molar-refractivity contribution is 5.77. The van der Waals surface area contributed by atoms with Gasteiger partial charge in [0.05, 0.1) is 31.3 Å². The zero-order chi connectivity index (χ0) is 21.0. The number of hydrogen-bond donors (Lipinski definition) is 2. The van der Waals surface area contributed by atoms with E-state index in [1.54, 1.807) is 33.1 Å². The number of rotatable bonds is 4. The highest BCUT2D eigenvalue weighted by atomic mass is 16.6. The average molecular weight is 402 g/mol. The minimum Gasteiger partial charge on any atom is -0.497 e. The van der Waals surface area contributed by atoms with Crippen LogP contribution in [0.5, 0.6) is 5.75 Å². The number of esters is 1. The molecule has 0 radical (unpaired) electrons. The van der Waals surface area contributed by atoms with Crippen molar-refractivity contribution in [3.05, 3.63) is 42.0 Å². The van der Waals surface area contributed by atoms with E-state index in [0.717, 1.165) is 11.3 Å². The minimum atomic E-state index is -1.40. The monoisotopic (exact) mass is 402 g/mol. The fourth-order valence-electron chi connectivity index (χ4n) is 5.30. The summed E-state index contributed by atoms with van der Waals surface area (Å²) in [4.78, 5) is 12.2. The number of carbonyl (C=O) groups excluding carboxylic acids is 1. The lowest BCUT2D eigenvalue weighted by Gasteiger charge is -2.36. The zero-order valence-corrected chi connectivity index (χ0v) is 17.4. The van der Waals surface area contributed by atoms with E-state index < -0.39 is 29.2 Å². The lowest BCUT2D eigenvalue weighted by Crippen LogP contribution is -2.48. The van der Waals surface area contributed by atoms with Gasteiger partial charge in [-0.15, -0.1) is 0 Å². The molecule has 2 N–H and O–H groups in total. The molecule has 2 fully saturated rings. The molecule has 8 atom stereocenters. The Labute approximate surface area is 171 Å². The molecule has 0 bridgehead atoms. The number of hydrogen-bond acceptors (Lipinski definition) is 6. The molecule has 1 saturated carbocycles. The number of benzene rings is 1. The van der Waals surface area contributed by atoms with Crippen LogP contribution >= 0.6 is 0 Å². The van der Waals surface area contributed by atoms with Gasteiger partial charge in [0.1, 0.15) is 17.5 Å². The standard InChI is InChI=1S/C23H30O6/c1-13-18(28-12-15-5-7-16(27-4)8-6-15)11-17-19(13)20-23(26,10-9-22(17,3)25)14(2)21(24)29-20/h5-10,13-14,17-20,25-26H,11-12H2,1-4H3/t13-,14-,17-,18-,19+,20+,22-,23-/m0/s1. The van der Waals surface area contributed by atoms with E-state index in [2.05, 4.69) is 6.92 Å². The van der Waals surface area contributed by atoms with Crippen LogP contribution in [0.2, 0.25) is 0 Å². The quantitative estimate of drug-likeness (QED) is 0.595. The van der Waals surface area contributed by atoms with Gasteiger partial charge in [0.2, 0.25) is 0 Å². The van der Waals surface area contributed by atoms with E-state index in [-0.39, 0.29) is 23.9 Å². The number of aliphatic hydroxyl groups is 2. The van der Waals surface area contributed by atoms with E-state index >= 15 is 0 Å². The van der Waals surface area contributed by atoms with Gasteiger partial charge in [0.25, 0.3) is 0 Å². The number of methoxy groups -OCH3 is 1. The van der Waals surface area contributed by atoms with E-state index in [0.29, 0.717) is 13.0 Å². The van der Waals surface area contributed by atoms with Crippen molar-refractivity contribution in [3.8, 4) is 5.75 Å². The second kappa shape index (κ2) is 7.11. The molecule has 0 spiro atoms. The van der Waals surface area contributed by atoms with Crippen molar-refractivity contribution < 1.29 is 29.2 Å². The molecule has 2 aliphatic carbocycles. The fourth-order valence-corrected chi connectivity index (χ4v) is 5.30. The molecule has 3 aliphatic rings. The van der Waals surface area contributed by atoms with E-state index in [4.69, 9.17) is 14.2 Å². The molecule has 1 aromatic rings. The molecule has 1 aliphatic heterocycles. The van der Waals surface area contributed by atoms with Gasteiger partial charge >= 0.3 is 5.97 Å². The molecule has 29 heavy (non-hydrogen) atoms. The fraction of sp³-hybridized carbons (Fsp3) is 0.609. The van der Waals surface area contributed by atoms with Crippen LogP contribution in [0.1, 0.15) is 32.8 Å². The highest BCUT2D eigenvalue weighted by Crippen LogP contribution is 2.54. The summed E-state index contributed by atoms with van der Waals surface area (Å²) in [5.41, 5.74) is -1.47. The third-order valence-corrected chi connectivity index (χ3v) is 7.30. The SMILES string of the molecule is COc1ccc(CO[C@H]2C[C@H]3[C@@H]([C@H]2C)[C@H]2OC(=O)[C@H](C)[C@@]2(O)C=C[C@]3(C)O)cc1. The van der Waals surface area contributed by atoms with Gasteiger partial charge in [-0.2, -0.15) is 0 Å². The molecule has 1 saturated heterocycles. The second-order valence-corrected chi connectivity index (χ2v) is 9.00. The van der Waals surface area contributed by atoms with Crippen LogP contribution in [-0.4, -0.2) is 46.7 Å². The van der Waals surface area contributed by atoms with Gasteiger partial charge in [0.15, 0.2) is 0 Å². The Kier molecular flexibility index (Phi) is 5.00. The smallest absolute Gasteiger partial charge is 0.312 e. The Hall–Kier alpha value is -1.89.